The number of hydrogen-bond acceptors (Lipinski definition) is 5. The molecule has 0 aliphatic carbocycles. The van der Waals surface area contributed by atoms with Crippen molar-refractivity contribution in [2.24, 2.45) is 5.73 Å². The second-order valence-electron chi connectivity index (χ2n) is 6.24. The highest BCUT2D eigenvalue weighted by atomic mass is 32.2. The zero-order chi connectivity index (χ0) is 20.8. The minimum Gasteiger partial charge on any atom is -0.494 e. The van der Waals surface area contributed by atoms with Crippen molar-refractivity contribution in [1.29, 1.82) is 0 Å². The van der Waals surface area contributed by atoms with Crippen molar-refractivity contribution in [2.45, 2.75) is 44.0 Å². The van der Waals surface area contributed by atoms with E-state index in [0.29, 0.717) is 18.1 Å². The quantitative estimate of drug-likeness (QED) is 0.630. The lowest BCUT2D eigenvalue weighted by Gasteiger charge is -2.28. The number of amides is 1. The van der Waals surface area contributed by atoms with E-state index in [-0.39, 0.29) is 17.7 Å². The van der Waals surface area contributed by atoms with E-state index in [4.69, 9.17) is 15.2 Å². The van der Waals surface area contributed by atoms with Gasteiger partial charge in [-0.15, -0.1) is 0 Å². The number of rotatable bonds is 10. The summed E-state index contributed by atoms with van der Waals surface area (Å²) in [6.45, 7) is 5.91. The molecule has 0 atom stereocenters. The molecule has 28 heavy (non-hydrogen) atoms. The minimum atomic E-state index is -3.91. The van der Waals surface area contributed by atoms with E-state index in [2.05, 4.69) is 4.72 Å². The summed E-state index contributed by atoms with van der Waals surface area (Å²) >= 11 is 0. The van der Waals surface area contributed by atoms with Crippen LogP contribution < -0.4 is 19.9 Å². The summed E-state index contributed by atoms with van der Waals surface area (Å²) in [6, 6.07) is 13.1. The fourth-order valence-electron chi connectivity index (χ4n) is 2.70. The molecule has 8 heteroatoms. The molecule has 0 radical (unpaired) electrons. The molecule has 0 spiro atoms. The Morgan fingerprint density at radius 1 is 0.929 bits per heavy atom. The highest BCUT2D eigenvalue weighted by molar-refractivity contribution is 7.89. The van der Waals surface area contributed by atoms with Crippen LogP contribution in [0.2, 0.25) is 0 Å². The van der Waals surface area contributed by atoms with E-state index in [1.54, 1.807) is 50.2 Å². The number of carbonyl (C=O) groups is 1. The maximum atomic E-state index is 12.7. The van der Waals surface area contributed by atoms with Gasteiger partial charge in [0.1, 0.15) is 22.8 Å². The Balaban J connectivity index is 2.15. The lowest BCUT2D eigenvalue weighted by Crippen LogP contribution is -2.56. The number of ether oxygens (including phenoxy) is 2. The lowest BCUT2D eigenvalue weighted by molar-refractivity contribution is -0.124. The molecule has 0 bridgehead atoms. The molecule has 2 aromatic rings. The second kappa shape index (κ2) is 9.07. The average Bonchev–Trinajstić information content (AvgIpc) is 2.68. The summed E-state index contributed by atoms with van der Waals surface area (Å²) in [5, 5.41) is 0. The second-order valence-corrected chi connectivity index (χ2v) is 7.92. The normalized spacial score (nSPS) is 11.8. The first kappa shape index (κ1) is 21.7. The van der Waals surface area contributed by atoms with Crippen molar-refractivity contribution in [3.8, 4) is 17.2 Å². The van der Waals surface area contributed by atoms with E-state index in [1.807, 2.05) is 6.92 Å². The maximum absolute atomic E-state index is 12.7. The number of nitrogens with two attached hydrogens (primary N) is 1. The Morgan fingerprint density at radius 3 is 1.82 bits per heavy atom. The van der Waals surface area contributed by atoms with Gasteiger partial charge in [0.2, 0.25) is 15.9 Å². The van der Waals surface area contributed by atoms with E-state index in [9.17, 15) is 13.2 Å². The van der Waals surface area contributed by atoms with Crippen LogP contribution in [0.25, 0.3) is 0 Å². The molecular formula is C20H26N2O5S. The van der Waals surface area contributed by atoms with Crippen LogP contribution in [0, 0.1) is 0 Å². The maximum Gasteiger partial charge on any atom is 0.241 e. The van der Waals surface area contributed by atoms with Crippen molar-refractivity contribution < 1.29 is 22.7 Å². The molecule has 3 N–H and O–H groups in total. The molecule has 0 aromatic heterocycles. The van der Waals surface area contributed by atoms with E-state index in [0.717, 1.165) is 5.75 Å². The van der Waals surface area contributed by atoms with Crippen LogP contribution in [-0.4, -0.2) is 26.5 Å². The van der Waals surface area contributed by atoms with Crippen LogP contribution >= 0.6 is 0 Å². The van der Waals surface area contributed by atoms with Crippen LogP contribution in [-0.2, 0) is 14.8 Å². The van der Waals surface area contributed by atoms with Gasteiger partial charge in [-0.2, -0.15) is 4.72 Å². The Kier molecular flexibility index (Phi) is 7.04. The van der Waals surface area contributed by atoms with Gasteiger partial charge in [0, 0.05) is 0 Å². The van der Waals surface area contributed by atoms with Crippen molar-refractivity contribution in [3.63, 3.8) is 0 Å². The third-order valence-corrected chi connectivity index (χ3v) is 6.07. The van der Waals surface area contributed by atoms with Gasteiger partial charge in [0.15, 0.2) is 0 Å². The summed E-state index contributed by atoms with van der Waals surface area (Å²) in [5.74, 6) is 1.13. The summed E-state index contributed by atoms with van der Waals surface area (Å²) < 4.78 is 38.9. The Morgan fingerprint density at radius 2 is 1.39 bits per heavy atom. The van der Waals surface area contributed by atoms with E-state index < -0.39 is 21.5 Å². The van der Waals surface area contributed by atoms with Crippen molar-refractivity contribution in [1.82, 2.24) is 4.72 Å². The molecule has 0 aliphatic rings. The average molecular weight is 407 g/mol. The first-order valence-corrected chi connectivity index (χ1v) is 10.6. The molecule has 0 saturated carbocycles. The smallest absolute Gasteiger partial charge is 0.241 e. The highest BCUT2D eigenvalue weighted by Crippen LogP contribution is 2.26. The standard InChI is InChI=1S/C20H26N2O5S/c1-4-20(5-2,19(21)23)22-28(24,25)18-13-11-17(12-14-18)27-16-9-7-15(8-10-16)26-6-3/h7-14,22H,4-6H2,1-3H3,(H2,21,23). The van der Waals surface area contributed by atoms with Gasteiger partial charge in [0.25, 0.3) is 0 Å². The first-order chi connectivity index (χ1) is 13.3. The third kappa shape index (κ3) is 5.02. The van der Waals surface area contributed by atoms with Crippen LogP contribution in [0.15, 0.2) is 53.4 Å². The van der Waals surface area contributed by atoms with Gasteiger partial charge in [-0.05, 0) is 68.3 Å². The SMILES string of the molecule is CCOc1ccc(Oc2ccc(S(=O)(=O)NC(CC)(CC)C(N)=O)cc2)cc1. The van der Waals surface area contributed by atoms with Crippen molar-refractivity contribution >= 4 is 15.9 Å². The number of nitrogens with one attached hydrogen (secondary N) is 1. The van der Waals surface area contributed by atoms with Gasteiger partial charge in [-0.25, -0.2) is 8.42 Å². The minimum absolute atomic E-state index is 0.0269. The molecule has 7 nitrogen and oxygen atoms in total. The van der Waals surface area contributed by atoms with Crippen LogP contribution in [0.3, 0.4) is 0 Å². The molecule has 1 amide bonds. The zero-order valence-electron chi connectivity index (χ0n) is 16.3. The summed E-state index contributed by atoms with van der Waals surface area (Å²) in [4.78, 5) is 11.8. The predicted octanol–water partition coefficient (Wildman–Crippen LogP) is 3.20. The van der Waals surface area contributed by atoms with Crippen molar-refractivity contribution in [2.75, 3.05) is 6.61 Å². The zero-order valence-corrected chi connectivity index (χ0v) is 17.1. The first-order valence-electron chi connectivity index (χ1n) is 9.11. The monoisotopic (exact) mass is 406 g/mol. The lowest BCUT2D eigenvalue weighted by atomic mass is 9.94. The molecule has 0 heterocycles. The van der Waals surface area contributed by atoms with Crippen LogP contribution in [0.4, 0.5) is 0 Å². The molecule has 0 saturated heterocycles. The van der Waals surface area contributed by atoms with Gasteiger partial charge in [0.05, 0.1) is 11.5 Å². The van der Waals surface area contributed by atoms with E-state index in [1.165, 1.54) is 12.1 Å². The summed E-state index contributed by atoms with van der Waals surface area (Å²) in [7, 11) is -3.91. The third-order valence-electron chi connectivity index (χ3n) is 4.51. The van der Waals surface area contributed by atoms with Crippen LogP contribution in [0.5, 0.6) is 17.2 Å². The topological polar surface area (TPSA) is 108 Å². The Labute approximate surface area is 165 Å². The van der Waals surface area contributed by atoms with E-state index >= 15 is 0 Å². The highest BCUT2D eigenvalue weighted by Gasteiger charge is 2.37. The van der Waals surface area contributed by atoms with Crippen LogP contribution in [0.1, 0.15) is 33.6 Å². The molecule has 2 aromatic carbocycles. The number of benzene rings is 2. The molecule has 0 unspecified atom stereocenters. The van der Waals surface area contributed by atoms with Gasteiger partial charge in [-0.3, -0.25) is 4.79 Å². The number of hydrogen-bond donors (Lipinski definition) is 2. The van der Waals surface area contributed by atoms with Gasteiger partial charge < -0.3 is 15.2 Å². The molecule has 2 rings (SSSR count). The molecule has 0 fully saturated rings. The fraction of sp³-hybridized carbons (Fsp3) is 0.350. The summed E-state index contributed by atoms with van der Waals surface area (Å²) in [5.41, 5.74) is 4.11. The Bertz CT molecular complexity index is 889. The van der Waals surface area contributed by atoms with Gasteiger partial charge >= 0.3 is 0 Å². The van der Waals surface area contributed by atoms with Gasteiger partial charge in [-0.1, -0.05) is 13.8 Å². The molecule has 0 aliphatic heterocycles. The summed E-state index contributed by atoms with van der Waals surface area (Å²) in [6.07, 6.45) is 0.522. The Hall–Kier alpha value is -2.58. The number of carbonyl (C=O) groups excluding carboxylic acids is 1. The number of sulfonamides is 1. The molecular weight excluding hydrogens is 380 g/mol. The number of primary amides is 1. The largest absolute Gasteiger partial charge is 0.494 e. The predicted molar refractivity (Wildman–Crippen MR) is 107 cm³/mol. The van der Waals surface area contributed by atoms with Crippen molar-refractivity contribution in [3.05, 3.63) is 48.5 Å². The molecule has 152 valence electrons. The fourth-order valence-corrected chi connectivity index (χ4v) is 4.22.